The Hall–Kier alpha value is -0.570. The third kappa shape index (κ3) is 1.78. The van der Waals surface area contributed by atoms with Crippen molar-refractivity contribution in [3.63, 3.8) is 0 Å². The molecule has 2 rings (SSSR count). The maximum atomic E-state index is 11.4. The van der Waals surface area contributed by atoms with Gasteiger partial charge < -0.3 is 9.47 Å². The first kappa shape index (κ1) is 9.97. The van der Waals surface area contributed by atoms with E-state index >= 15 is 0 Å². The van der Waals surface area contributed by atoms with Gasteiger partial charge >= 0.3 is 5.97 Å². The highest BCUT2D eigenvalue weighted by atomic mass is 16.5. The predicted octanol–water partition coefficient (Wildman–Crippen LogP) is 1.75. The zero-order valence-electron chi connectivity index (χ0n) is 8.86. The molecule has 1 aliphatic heterocycles. The van der Waals surface area contributed by atoms with Gasteiger partial charge in [0.15, 0.2) is 0 Å². The second-order valence-electron chi connectivity index (χ2n) is 4.51. The molecule has 1 aliphatic carbocycles. The predicted molar refractivity (Wildman–Crippen MR) is 51.8 cm³/mol. The molecule has 1 saturated carbocycles. The van der Waals surface area contributed by atoms with Crippen LogP contribution in [0.1, 0.15) is 32.6 Å². The maximum absolute atomic E-state index is 11.4. The van der Waals surface area contributed by atoms with Crippen molar-refractivity contribution >= 4 is 5.97 Å². The Labute approximate surface area is 84.8 Å². The van der Waals surface area contributed by atoms with E-state index in [1.165, 1.54) is 7.11 Å². The van der Waals surface area contributed by atoms with E-state index in [1.54, 1.807) is 0 Å². The van der Waals surface area contributed by atoms with Crippen LogP contribution in [0.3, 0.4) is 0 Å². The van der Waals surface area contributed by atoms with E-state index in [2.05, 4.69) is 6.92 Å². The molecule has 2 aliphatic rings. The topological polar surface area (TPSA) is 35.5 Å². The monoisotopic (exact) mass is 198 g/mol. The second-order valence-corrected chi connectivity index (χ2v) is 4.51. The normalized spacial score (nSPS) is 41.9. The number of methoxy groups -OCH3 is 1. The summed E-state index contributed by atoms with van der Waals surface area (Å²) in [6.07, 6.45) is 4.81. The van der Waals surface area contributed by atoms with Gasteiger partial charge in [0.2, 0.25) is 0 Å². The number of carbonyl (C=O) groups excluding carboxylic acids is 1. The fourth-order valence-electron chi connectivity index (χ4n) is 2.82. The van der Waals surface area contributed by atoms with Crippen molar-refractivity contribution in [3.8, 4) is 0 Å². The standard InChI is InChI=1S/C11H18O3/c1-7-5-9-6-8(11(12)13-2)3-4-10(9)14-7/h7-10H,3-6H2,1-2H3/t7-,8?,9-,10+/m0/s1. The summed E-state index contributed by atoms with van der Waals surface area (Å²) >= 11 is 0. The van der Waals surface area contributed by atoms with Crippen LogP contribution in [-0.4, -0.2) is 25.3 Å². The van der Waals surface area contributed by atoms with E-state index in [4.69, 9.17) is 9.47 Å². The van der Waals surface area contributed by atoms with Gasteiger partial charge in [-0.1, -0.05) is 0 Å². The average Bonchev–Trinajstić information content (AvgIpc) is 2.55. The Morgan fingerprint density at radius 3 is 2.86 bits per heavy atom. The van der Waals surface area contributed by atoms with Crippen LogP contribution in [0, 0.1) is 11.8 Å². The van der Waals surface area contributed by atoms with Crippen LogP contribution in [0.5, 0.6) is 0 Å². The molecule has 3 nitrogen and oxygen atoms in total. The highest BCUT2D eigenvalue weighted by Gasteiger charge is 2.40. The van der Waals surface area contributed by atoms with Gasteiger partial charge in [-0.05, 0) is 38.5 Å². The molecule has 0 radical (unpaired) electrons. The zero-order valence-corrected chi connectivity index (χ0v) is 8.86. The van der Waals surface area contributed by atoms with Crippen LogP contribution < -0.4 is 0 Å². The van der Waals surface area contributed by atoms with Crippen molar-refractivity contribution < 1.29 is 14.3 Å². The number of hydrogen-bond donors (Lipinski definition) is 0. The van der Waals surface area contributed by atoms with E-state index in [0.717, 1.165) is 25.7 Å². The van der Waals surface area contributed by atoms with Gasteiger partial charge in [0.05, 0.1) is 25.2 Å². The molecule has 0 amide bonds. The largest absolute Gasteiger partial charge is 0.469 e. The van der Waals surface area contributed by atoms with E-state index in [1.807, 2.05) is 0 Å². The maximum Gasteiger partial charge on any atom is 0.308 e. The van der Waals surface area contributed by atoms with E-state index in [9.17, 15) is 4.79 Å². The van der Waals surface area contributed by atoms with Crippen molar-refractivity contribution in [1.82, 2.24) is 0 Å². The number of carbonyl (C=O) groups is 1. The summed E-state index contributed by atoms with van der Waals surface area (Å²) in [5, 5.41) is 0. The van der Waals surface area contributed by atoms with Gasteiger partial charge in [0.25, 0.3) is 0 Å². The summed E-state index contributed by atoms with van der Waals surface area (Å²) in [4.78, 5) is 11.4. The molecule has 4 atom stereocenters. The first-order valence-electron chi connectivity index (χ1n) is 5.44. The number of ether oxygens (including phenoxy) is 2. The summed E-state index contributed by atoms with van der Waals surface area (Å²) in [7, 11) is 1.47. The van der Waals surface area contributed by atoms with Crippen LogP contribution in [0.25, 0.3) is 0 Å². The third-order valence-corrected chi connectivity index (χ3v) is 3.49. The highest BCUT2D eigenvalue weighted by molar-refractivity contribution is 5.72. The van der Waals surface area contributed by atoms with Gasteiger partial charge in [0.1, 0.15) is 0 Å². The molecule has 14 heavy (non-hydrogen) atoms. The molecular weight excluding hydrogens is 180 g/mol. The lowest BCUT2D eigenvalue weighted by Gasteiger charge is -2.28. The summed E-state index contributed by atoms with van der Waals surface area (Å²) in [5.41, 5.74) is 0. The van der Waals surface area contributed by atoms with Gasteiger partial charge in [-0.2, -0.15) is 0 Å². The molecular formula is C11H18O3. The van der Waals surface area contributed by atoms with Crippen LogP contribution in [0.15, 0.2) is 0 Å². The molecule has 0 aromatic carbocycles. The van der Waals surface area contributed by atoms with E-state index in [-0.39, 0.29) is 11.9 Å². The first-order valence-corrected chi connectivity index (χ1v) is 5.44. The lowest BCUT2D eigenvalue weighted by Crippen LogP contribution is -2.30. The van der Waals surface area contributed by atoms with E-state index < -0.39 is 0 Å². The highest BCUT2D eigenvalue weighted by Crippen LogP contribution is 2.40. The van der Waals surface area contributed by atoms with E-state index in [0.29, 0.717) is 18.1 Å². The van der Waals surface area contributed by atoms with Crippen LogP contribution >= 0.6 is 0 Å². The zero-order chi connectivity index (χ0) is 10.1. The summed E-state index contributed by atoms with van der Waals surface area (Å²) in [6.45, 7) is 2.12. The van der Waals surface area contributed by atoms with Gasteiger partial charge in [-0.25, -0.2) is 0 Å². The summed E-state index contributed by atoms with van der Waals surface area (Å²) in [6, 6.07) is 0. The minimum Gasteiger partial charge on any atom is -0.469 e. The third-order valence-electron chi connectivity index (χ3n) is 3.49. The Balaban J connectivity index is 1.94. The minimum absolute atomic E-state index is 0.0389. The van der Waals surface area contributed by atoms with Gasteiger partial charge in [0, 0.05) is 0 Å². The Morgan fingerprint density at radius 1 is 1.36 bits per heavy atom. The SMILES string of the molecule is COC(=O)C1CC[C@H]2O[C@@H](C)C[C@H]2C1. The Kier molecular flexibility index (Phi) is 2.77. The second kappa shape index (κ2) is 3.89. The number of rotatable bonds is 1. The van der Waals surface area contributed by atoms with Gasteiger partial charge in [-0.3, -0.25) is 4.79 Å². The molecule has 2 fully saturated rings. The molecule has 1 saturated heterocycles. The van der Waals surface area contributed by atoms with Crippen molar-refractivity contribution in [2.24, 2.45) is 11.8 Å². The molecule has 1 heterocycles. The Morgan fingerprint density at radius 2 is 2.14 bits per heavy atom. The van der Waals surface area contributed by atoms with Crippen molar-refractivity contribution in [2.45, 2.75) is 44.8 Å². The smallest absolute Gasteiger partial charge is 0.308 e. The number of hydrogen-bond acceptors (Lipinski definition) is 3. The average molecular weight is 198 g/mol. The van der Waals surface area contributed by atoms with Gasteiger partial charge in [-0.15, -0.1) is 0 Å². The molecule has 80 valence electrons. The van der Waals surface area contributed by atoms with Crippen molar-refractivity contribution in [3.05, 3.63) is 0 Å². The fourth-order valence-corrected chi connectivity index (χ4v) is 2.82. The lowest BCUT2D eigenvalue weighted by atomic mass is 9.79. The van der Waals surface area contributed by atoms with Crippen molar-refractivity contribution in [2.75, 3.05) is 7.11 Å². The molecule has 0 spiro atoms. The van der Waals surface area contributed by atoms with Crippen LogP contribution in [0.4, 0.5) is 0 Å². The fraction of sp³-hybridized carbons (Fsp3) is 0.909. The number of esters is 1. The number of fused-ring (bicyclic) bond motifs is 1. The lowest BCUT2D eigenvalue weighted by molar-refractivity contribution is -0.147. The van der Waals surface area contributed by atoms with Crippen LogP contribution in [-0.2, 0) is 14.3 Å². The first-order chi connectivity index (χ1) is 6.70. The molecule has 0 N–H and O–H groups in total. The quantitative estimate of drug-likeness (QED) is 0.602. The summed E-state index contributed by atoms with van der Waals surface area (Å²) < 4.78 is 10.6. The molecule has 0 aromatic heterocycles. The minimum atomic E-state index is -0.0389. The molecule has 0 aromatic rings. The Bertz CT molecular complexity index is 227. The summed E-state index contributed by atoms with van der Waals surface area (Å²) in [5.74, 6) is 0.668. The molecule has 0 bridgehead atoms. The molecule has 3 heteroatoms. The molecule has 1 unspecified atom stereocenters. The van der Waals surface area contributed by atoms with Crippen LogP contribution in [0.2, 0.25) is 0 Å². The van der Waals surface area contributed by atoms with Crippen molar-refractivity contribution in [1.29, 1.82) is 0 Å².